The van der Waals surface area contributed by atoms with Crippen LogP contribution >= 0.6 is 0 Å². The number of rotatable bonds is 6. The molecule has 1 amide bonds. The SMILES string of the molecule is COc1ccc(C(C)(C)C(=O)NC[C@@H]2CNCC[C@@H]2c2ccc(F)cc2)cc1. The first kappa shape index (κ1) is 20.3. The summed E-state index contributed by atoms with van der Waals surface area (Å²) in [6.07, 6.45) is 0.980. The fourth-order valence-electron chi connectivity index (χ4n) is 3.87. The Morgan fingerprint density at radius 1 is 1.18 bits per heavy atom. The summed E-state index contributed by atoms with van der Waals surface area (Å²) < 4.78 is 18.5. The van der Waals surface area contributed by atoms with E-state index in [1.165, 1.54) is 12.1 Å². The molecule has 0 spiro atoms. The molecule has 2 aromatic rings. The maximum atomic E-state index is 13.3. The number of carbonyl (C=O) groups excluding carboxylic acids is 1. The van der Waals surface area contributed by atoms with Gasteiger partial charge in [0.2, 0.25) is 5.91 Å². The van der Waals surface area contributed by atoms with E-state index >= 15 is 0 Å². The van der Waals surface area contributed by atoms with E-state index in [1.807, 2.05) is 50.2 Å². The monoisotopic (exact) mass is 384 g/mol. The van der Waals surface area contributed by atoms with Crippen LogP contribution in [0.15, 0.2) is 48.5 Å². The molecule has 0 aromatic heterocycles. The normalized spacial score (nSPS) is 19.9. The summed E-state index contributed by atoms with van der Waals surface area (Å²) >= 11 is 0. The highest BCUT2D eigenvalue weighted by Gasteiger charge is 2.32. The fraction of sp³-hybridized carbons (Fsp3) is 0.435. The molecule has 1 fully saturated rings. The highest BCUT2D eigenvalue weighted by molar-refractivity contribution is 5.87. The van der Waals surface area contributed by atoms with Crippen molar-refractivity contribution in [2.24, 2.45) is 5.92 Å². The standard InChI is InChI=1S/C23H29FN2O2/c1-23(2,18-6-10-20(28-3)11-7-18)22(27)26-15-17-14-25-13-12-21(17)16-4-8-19(24)9-5-16/h4-11,17,21,25H,12-15H2,1-3H3,(H,26,27)/t17-,21+/m0/s1. The smallest absolute Gasteiger partial charge is 0.230 e. The van der Waals surface area contributed by atoms with Crippen molar-refractivity contribution in [2.75, 3.05) is 26.7 Å². The zero-order chi connectivity index (χ0) is 20.1. The number of carbonyl (C=O) groups is 1. The van der Waals surface area contributed by atoms with E-state index in [2.05, 4.69) is 10.6 Å². The van der Waals surface area contributed by atoms with Gasteiger partial charge in [0.05, 0.1) is 12.5 Å². The number of nitrogens with one attached hydrogen (secondary N) is 2. The zero-order valence-corrected chi connectivity index (χ0v) is 16.8. The Morgan fingerprint density at radius 2 is 1.86 bits per heavy atom. The van der Waals surface area contributed by atoms with Gasteiger partial charge in [-0.2, -0.15) is 0 Å². The summed E-state index contributed by atoms with van der Waals surface area (Å²) in [4.78, 5) is 12.9. The number of hydrogen-bond donors (Lipinski definition) is 2. The predicted octanol–water partition coefficient (Wildman–Crippen LogP) is 3.62. The molecule has 0 radical (unpaired) electrons. The molecule has 0 aliphatic carbocycles. The summed E-state index contributed by atoms with van der Waals surface area (Å²) in [6.45, 7) is 6.23. The minimum absolute atomic E-state index is 0.00102. The molecule has 2 atom stereocenters. The van der Waals surface area contributed by atoms with Crippen molar-refractivity contribution in [3.63, 3.8) is 0 Å². The average Bonchev–Trinajstić information content (AvgIpc) is 2.73. The van der Waals surface area contributed by atoms with Crippen LogP contribution in [0.2, 0.25) is 0 Å². The van der Waals surface area contributed by atoms with E-state index in [4.69, 9.17) is 4.74 Å². The lowest BCUT2D eigenvalue weighted by atomic mass is 9.80. The Kier molecular flexibility index (Phi) is 6.35. The molecule has 1 aliphatic heterocycles. The summed E-state index contributed by atoms with van der Waals surface area (Å²) in [5.74, 6) is 1.14. The van der Waals surface area contributed by atoms with Gasteiger partial charge in [-0.3, -0.25) is 4.79 Å². The molecule has 0 saturated carbocycles. The van der Waals surface area contributed by atoms with Crippen molar-refractivity contribution in [1.29, 1.82) is 0 Å². The lowest BCUT2D eigenvalue weighted by Gasteiger charge is -2.34. The van der Waals surface area contributed by atoms with Crippen LogP contribution in [0.1, 0.15) is 37.3 Å². The topological polar surface area (TPSA) is 50.4 Å². The first-order valence-electron chi connectivity index (χ1n) is 9.81. The second-order valence-corrected chi connectivity index (χ2v) is 7.97. The summed E-state index contributed by atoms with van der Waals surface area (Å²) in [5.41, 5.74) is 1.44. The van der Waals surface area contributed by atoms with E-state index < -0.39 is 5.41 Å². The largest absolute Gasteiger partial charge is 0.497 e. The molecular formula is C23H29FN2O2. The number of piperidine rings is 1. The highest BCUT2D eigenvalue weighted by atomic mass is 19.1. The molecule has 4 nitrogen and oxygen atoms in total. The third-order valence-electron chi connectivity index (χ3n) is 5.81. The van der Waals surface area contributed by atoms with Crippen LogP contribution in [0.4, 0.5) is 4.39 Å². The van der Waals surface area contributed by atoms with Crippen LogP contribution in [0.5, 0.6) is 5.75 Å². The maximum Gasteiger partial charge on any atom is 0.230 e. The van der Waals surface area contributed by atoms with Crippen molar-refractivity contribution >= 4 is 5.91 Å². The quantitative estimate of drug-likeness (QED) is 0.800. The van der Waals surface area contributed by atoms with Gasteiger partial charge in [0.25, 0.3) is 0 Å². The molecule has 2 aromatic carbocycles. The molecule has 1 aliphatic rings. The molecule has 1 saturated heterocycles. The van der Waals surface area contributed by atoms with Gasteiger partial charge in [0, 0.05) is 13.1 Å². The maximum absolute atomic E-state index is 13.3. The van der Waals surface area contributed by atoms with Gasteiger partial charge in [-0.1, -0.05) is 24.3 Å². The molecule has 0 bridgehead atoms. The molecule has 3 rings (SSSR count). The Balaban J connectivity index is 1.66. The van der Waals surface area contributed by atoms with Gasteiger partial charge in [0.1, 0.15) is 11.6 Å². The van der Waals surface area contributed by atoms with Gasteiger partial charge in [-0.05, 0) is 74.0 Å². The summed E-state index contributed by atoms with van der Waals surface area (Å²) in [6, 6.07) is 14.4. The van der Waals surface area contributed by atoms with E-state index in [0.29, 0.717) is 12.5 Å². The van der Waals surface area contributed by atoms with E-state index in [1.54, 1.807) is 7.11 Å². The highest BCUT2D eigenvalue weighted by Crippen LogP contribution is 2.31. The lowest BCUT2D eigenvalue weighted by molar-refractivity contribution is -0.125. The first-order valence-corrected chi connectivity index (χ1v) is 9.81. The Labute approximate surface area is 166 Å². The summed E-state index contributed by atoms with van der Waals surface area (Å²) in [5, 5.41) is 6.56. The van der Waals surface area contributed by atoms with E-state index in [0.717, 1.165) is 36.4 Å². The molecule has 28 heavy (non-hydrogen) atoms. The molecule has 1 heterocycles. The van der Waals surface area contributed by atoms with Gasteiger partial charge in [-0.15, -0.1) is 0 Å². The van der Waals surface area contributed by atoms with Gasteiger partial charge < -0.3 is 15.4 Å². The average molecular weight is 384 g/mol. The third kappa shape index (κ3) is 4.53. The lowest BCUT2D eigenvalue weighted by Crippen LogP contribution is -2.46. The van der Waals surface area contributed by atoms with Crippen molar-refractivity contribution in [1.82, 2.24) is 10.6 Å². The fourth-order valence-corrected chi connectivity index (χ4v) is 3.87. The molecule has 0 unspecified atom stereocenters. The van der Waals surface area contributed by atoms with Crippen LogP contribution in [0, 0.1) is 11.7 Å². The second-order valence-electron chi connectivity index (χ2n) is 7.97. The number of methoxy groups -OCH3 is 1. The van der Waals surface area contributed by atoms with Crippen molar-refractivity contribution in [3.8, 4) is 5.75 Å². The van der Waals surface area contributed by atoms with Gasteiger partial charge in [0.15, 0.2) is 0 Å². The van der Waals surface area contributed by atoms with Crippen LogP contribution in [-0.4, -0.2) is 32.7 Å². The van der Waals surface area contributed by atoms with Gasteiger partial charge in [-0.25, -0.2) is 4.39 Å². The minimum atomic E-state index is -0.639. The number of amides is 1. The van der Waals surface area contributed by atoms with E-state index in [9.17, 15) is 9.18 Å². The van der Waals surface area contributed by atoms with Crippen molar-refractivity contribution < 1.29 is 13.9 Å². The van der Waals surface area contributed by atoms with Crippen molar-refractivity contribution in [2.45, 2.75) is 31.6 Å². The van der Waals surface area contributed by atoms with Crippen molar-refractivity contribution in [3.05, 3.63) is 65.5 Å². The summed E-state index contributed by atoms with van der Waals surface area (Å²) in [7, 11) is 1.63. The molecule has 2 N–H and O–H groups in total. The van der Waals surface area contributed by atoms with Crippen LogP contribution < -0.4 is 15.4 Å². The Hall–Kier alpha value is -2.40. The first-order chi connectivity index (χ1) is 13.4. The number of hydrogen-bond acceptors (Lipinski definition) is 3. The number of halogens is 1. The van der Waals surface area contributed by atoms with Gasteiger partial charge >= 0.3 is 0 Å². The third-order valence-corrected chi connectivity index (χ3v) is 5.81. The van der Waals surface area contributed by atoms with Crippen LogP contribution in [0.3, 0.4) is 0 Å². The molecular weight excluding hydrogens is 355 g/mol. The second kappa shape index (κ2) is 8.74. The number of benzene rings is 2. The zero-order valence-electron chi connectivity index (χ0n) is 16.8. The Morgan fingerprint density at radius 3 is 2.50 bits per heavy atom. The molecule has 150 valence electrons. The number of ether oxygens (including phenoxy) is 1. The minimum Gasteiger partial charge on any atom is -0.497 e. The molecule has 5 heteroatoms. The Bertz CT molecular complexity index is 787. The van der Waals surface area contributed by atoms with Crippen LogP contribution in [-0.2, 0) is 10.2 Å². The predicted molar refractivity (Wildman–Crippen MR) is 109 cm³/mol. The van der Waals surface area contributed by atoms with E-state index in [-0.39, 0.29) is 17.6 Å². The van der Waals surface area contributed by atoms with Crippen LogP contribution in [0.25, 0.3) is 0 Å².